The number of rotatable bonds is 3. The van der Waals surface area contributed by atoms with Crippen molar-refractivity contribution in [2.75, 3.05) is 11.4 Å². The number of amides is 1. The molecule has 1 aromatic heterocycles. The van der Waals surface area contributed by atoms with Crippen LogP contribution in [0.4, 0.5) is 5.95 Å². The fourth-order valence-electron chi connectivity index (χ4n) is 2.32. The van der Waals surface area contributed by atoms with Crippen LogP contribution in [0.2, 0.25) is 0 Å². The van der Waals surface area contributed by atoms with E-state index in [2.05, 4.69) is 32.5 Å². The highest BCUT2D eigenvalue weighted by atomic mass is 79.9. The Morgan fingerprint density at radius 1 is 1.40 bits per heavy atom. The molecule has 2 heterocycles. The summed E-state index contributed by atoms with van der Waals surface area (Å²) in [4.78, 5) is 21.2. The lowest BCUT2D eigenvalue weighted by Gasteiger charge is -2.11. The van der Waals surface area contributed by atoms with E-state index in [4.69, 9.17) is 0 Å². The highest BCUT2D eigenvalue weighted by Gasteiger charge is 2.30. The van der Waals surface area contributed by atoms with Crippen molar-refractivity contribution in [1.29, 1.82) is 0 Å². The summed E-state index contributed by atoms with van der Waals surface area (Å²) in [5.74, 6) is 0.910. The molecule has 2 aromatic rings. The lowest BCUT2D eigenvalue weighted by molar-refractivity contribution is -0.117. The van der Waals surface area contributed by atoms with E-state index in [0.717, 1.165) is 15.7 Å². The molecular weight excluding hydrogens is 318 g/mol. The first-order valence-electron chi connectivity index (χ1n) is 6.41. The number of nitrogens with zero attached hydrogens (tertiary/aromatic N) is 2. The van der Waals surface area contributed by atoms with Gasteiger partial charge in [-0.05, 0) is 17.7 Å². The van der Waals surface area contributed by atoms with Crippen LogP contribution < -0.4 is 4.90 Å². The fraction of sp³-hybridized carbons (Fsp3) is 0.200. The van der Waals surface area contributed by atoms with Crippen molar-refractivity contribution in [3.63, 3.8) is 0 Å². The largest absolute Gasteiger partial charge is 0.324 e. The van der Waals surface area contributed by atoms with Gasteiger partial charge in [0.2, 0.25) is 11.9 Å². The van der Waals surface area contributed by atoms with Crippen LogP contribution in [0.15, 0.2) is 47.6 Å². The third-order valence-electron chi connectivity index (χ3n) is 3.46. The molecule has 0 radical (unpaired) electrons. The Bertz CT molecular complexity index is 647. The van der Waals surface area contributed by atoms with Gasteiger partial charge >= 0.3 is 0 Å². The van der Waals surface area contributed by atoms with Crippen LogP contribution >= 0.6 is 15.9 Å². The molecular formula is C15H14BrN3O. The number of carbonyl (C=O) groups is 1. The molecule has 1 N–H and O–H groups in total. The third-order valence-corrected chi connectivity index (χ3v) is 3.99. The number of hydrogen-bond acceptors (Lipinski definition) is 2. The van der Waals surface area contributed by atoms with Gasteiger partial charge in [0.15, 0.2) is 0 Å². The highest BCUT2D eigenvalue weighted by Crippen LogP contribution is 2.26. The van der Waals surface area contributed by atoms with Crippen molar-refractivity contribution >= 4 is 27.8 Å². The van der Waals surface area contributed by atoms with Gasteiger partial charge in [0.25, 0.3) is 0 Å². The molecule has 1 amide bonds. The van der Waals surface area contributed by atoms with E-state index in [9.17, 15) is 4.79 Å². The second-order valence-corrected chi connectivity index (χ2v) is 5.75. The van der Waals surface area contributed by atoms with Crippen molar-refractivity contribution in [2.24, 2.45) is 5.92 Å². The first kappa shape index (κ1) is 13.1. The van der Waals surface area contributed by atoms with Crippen molar-refractivity contribution in [3.05, 3.63) is 47.6 Å². The van der Waals surface area contributed by atoms with Gasteiger partial charge in [-0.3, -0.25) is 9.69 Å². The molecule has 1 fully saturated rings. The zero-order valence-corrected chi connectivity index (χ0v) is 12.4. The molecule has 1 unspecified atom stereocenters. The zero-order chi connectivity index (χ0) is 14.1. The van der Waals surface area contributed by atoms with E-state index in [1.807, 2.05) is 30.3 Å². The summed E-state index contributed by atoms with van der Waals surface area (Å²) in [6.07, 6.45) is 4.10. The first-order valence-corrected chi connectivity index (χ1v) is 7.20. The number of benzene rings is 1. The predicted octanol–water partition coefficient (Wildman–Crippen LogP) is 3.38. The summed E-state index contributed by atoms with van der Waals surface area (Å²) >= 11 is 3.41. The number of aromatic amines is 1. The Hall–Kier alpha value is -1.88. The van der Waals surface area contributed by atoms with Crippen LogP contribution in [-0.2, 0) is 4.79 Å². The smallest absolute Gasteiger partial charge is 0.229 e. The number of H-pyrrole nitrogens is 1. The molecule has 1 aliphatic rings. The van der Waals surface area contributed by atoms with Gasteiger partial charge in [-0.15, -0.1) is 6.58 Å². The molecule has 20 heavy (non-hydrogen) atoms. The maximum absolute atomic E-state index is 11.9. The molecule has 0 aliphatic carbocycles. The summed E-state index contributed by atoms with van der Waals surface area (Å²) in [6, 6.07) is 7.95. The Balaban J connectivity index is 1.85. The van der Waals surface area contributed by atoms with E-state index in [-0.39, 0.29) is 11.8 Å². The minimum atomic E-state index is 0.0895. The van der Waals surface area contributed by atoms with E-state index in [1.54, 1.807) is 11.1 Å². The number of nitrogens with one attached hydrogen (secondary N) is 1. The first-order chi connectivity index (χ1) is 9.67. The summed E-state index contributed by atoms with van der Waals surface area (Å²) in [6.45, 7) is 4.40. The van der Waals surface area contributed by atoms with E-state index >= 15 is 0 Å². The standard InChI is InChI=1S/C15H14BrN3O/c1-2-10-7-14(20)19(9-10)15-17-8-13(18-15)11-3-5-12(16)6-4-11/h2-6,8,10H,1,7,9H2,(H,17,18). The highest BCUT2D eigenvalue weighted by molar-refractivity contribution is 9.10. The summed E-state index contributed by atoms with van der Waals surface area (Å²) in [7, 11) is 0. The molecule has 0 bridgehead atoms. The minimum absolute atomic E-state index is 0.0895. The molecule has 1 atom stereocenters. The second-order valence-electron chi connectivity index (χ2n) is 4.83. The van der Waals surface area contributed by atoms with E-state index < -0.39 is 0 Å². The molecule has 102 valence electrons. The number of hydrogen-bond donors (Lipinski definition) is 1. The predicted molar refractivity (Wildman–Crippen MR) is 82.4 cm³/mol. The maximum atomic E-state index is 11.9. The third kappa shape index (κ3) is 2.41. The van der Waals surface area contributed by atoms with E-state index in [0.29, 0.717) is 18.9 Å². The van der Waals surface area contributed by atoms with Crippen LogP contribution in [0.3, 0.4) is 0 Å². The molecule has 1 aromatic carbocycles. The average Bonchev–Trinajstić information content (AvgIpc) is 3.06. The van der Waals surface area contributed by atoms with E-state index in [1.165, 1.54) is 0 Å². The summed E-state index contributed by atoms with van der Waals surface area (Å²) in [5.41, 5.74) is 1.95. The Kier molecular flexibility index (Phi) is 3.44. The van der Waals surface area contributed by atoms with Crippen LogP contribution in [-0.4, -0.2) is 22.4 Å². The number of carbonyl (C=O) groups excluding carboxylic acids is 1. The molecule has 3 rings (SSSR count). The van der Waals surface area contributed by atoms with Gasteiger partial charge < -0.3 is 4.98 Å². The van der Waals surface area contributed by atoms with Crippen molar-refractivity contribution < 1.29 is 4.79 Å². The van der Waals surface area contributed by atoms with Gasteiger partial charge in [0, 0.05) is 23.4 Å². The average molecular weight is 332 g/mol. The van der Waals surface area contributed by atoms with Crippen LogP contribution in [0.25, 0.3) is 11.3 Å². The summed E-state index contributed by atoms with van der Waals surface area (Å²) < 4.78 is 1.03. The topological polar surface area (TPSA) is 49.0 Å². The van der Waals surface area contributed by atoms with Gasteiger partial charge in [-0.2, -0.15) is 0 Å². The lowest BCUT2D eigenvalue weighted by atomic mass is 10.1. The molecule has 4 nitrogen and oxygen atoms in total. The monoisotopic (exact) mass is 331 g/mol. The number of imidazole rings is 1. The van der Waals surface area contributed by atoms with Crippen molar-refractivity contribution in [1.82, 2.24) is 9.97 Å². The second kappa shape index (κ2) is 5.25. The van der Waals surface area contributed by atoms with Gasteiger partial charge in [-0.1, -0.05) is 34.1 Å². The molecule has 1 aliphatic heterocycles. The van der Waals surface area contributed by atoms with Crippen molar-refractivity contribution in [2.45, 2.75) is 6.42 Å². The van der Waals surface area contributed by atoms with Crippen molar-refractivity contribution in [3.8, 4) is 11.3 Å². The Labute approximate surface area is 125 Å². The number of aromatic nitrogens is 2. The Morgan fingerprint density at radius 2 is 2.15 bits per heavy atom. The number of halogens is 1. The normalized spacial score (nSPS) is 18.6. The quantitative estimate of drug-likeness (QED) is 0.876. The van der Waals surface area contributed by atoms with Crippen LogP contribution in [0.1, 0.15) is 6.42 Å². The fourth-order valence-corrected chi connectivity index (χ4v) is 2.59. The van der Waals surface area contributed by atoms with Crippen LogP contribution in [0.5, 0.6) is 0 Å². The molecule has 0 saturated carbocycles. The number of anilines is 1. The summed E-state index contributed by atoms with van der Waals surface area (Å²) in [5, 5.41) is 0. The lowest BCUT2D eigenvalue weighted by Crippen LogP contribution is -2.25. The SMILES string of the molecule is C=CC1CC(=O)N(c2ncc(-c3ccc(Br)cc3)[nH]2)C1. The minimum Gasteiger partial charge on any atom is -0.324 e. The molecule has 1 saturated heterocycles. The van der Waals surface area contributed by atoms with Crippen LogP contribution in [0, 0.1) is 5.92 Å². The maximum Gasteiger partial charge on any atom is 0.229 e. The van der Waals surface area contributed by atoms with Gasteiger partial charge in [0.1, 0.15) is 0 Å². The van der Waals surface area contributed by atoms with Gasteiger partial charge in [0.05, 0.1) is 11.9 Å². The van der Waals surface area contributed by atoms with Gasteiger partial charge in [-0.25, -0.2) is 4.98 Å². The Morgan fingerprint density at radius 3 is 2.80 bits per heavy atom. The molecule has 5 heteroatoms. The zero-order valence-electron chi connectivity index (χ0n) is 10.8. The molecule has 0 spiro atoms.